The molecule has 0 aliphatic carbocycles. The zero-order chi connectivity index (χ0) is 45.5. The van der Waals surface area contributed by atoms with Gasteiger partial charge in [0.2, 0.25) is 17.7 Å². The number of aromatic nitrogens is 3. The highest BCUT2D eigenvalue weighted by atomic mass is 32.1. The van der Waals surface area contributed by atoms with Crippen molar-refractivity contribution >= 4 is 57.6 Å². The fraction of sp³-hybridized carbons (Fsp3) is 0.426. The van der Waals surface area contributed by atoms with E-state index in [9.17, 15) is 29.1 Å². The maximum absolute atomic E-state index is 14.0. The van der Waals surface area contributed by atoms with Crippen LogP contribution in [-0.4, -0.2) is 116 Å². The lowest BCUT2D eigenvalue weighted by Gasteiger charge is -2.35. The number of imidazole rings is 1. The Hall–Kier alpha value is -6.01. The van der Waals surface area contributed by atoms with Crippen LogP contribution in [0.25, 0.3) is 21.5 Å². The lowest BCUT2D eigenvalue weighted by molar-refractivity contribution is -0.144. The number of nitrogens with one attached hydrogen (secondary N) is 5. The zero-order valence-electron chi connectivity index (χ0n) is 36.9. The van der Waals surface area contributed by atoms with Crippen LogP contribution >= 0.6 is 11.3 Å². The van der Waals surface area contributed by atoms with E-state index >= 15 is 0 Å². The predicted octanol–water partition coefficient (Wildman–Crippen LogP) is 4.79. The van der Waals surface area contributed by atoms with E-state index in [1.807, 2.05) is 49.4 Å². The number of thiazole rings is 1. The predicted molar refractivity (Wildman–Crippen MR) is 244 cm³/mol. The molecule has 2 aromatic heterocycles. The van der Waals surface area contributed by atoms with E-state index in [1.165, 1.54) is 17.7 Å². The minimum atomic E-state index is -1.02. The number of aliphatic hydroxyl groups is 1. The van der Waals surface area contributed by atoms with Gasteiger partial charge in [-0.25, -0.2) is 9.97 Å². The highest BCUT2D eigenvalue weighted by molar-refractivity contribution is 7.13. The summed E-state index contributed by atoms with van der Waals surface area (Å²) < 4.78 is 5.53. The van der Waals surface area contributed by atoms with Gasteiger partial charge in [-0.05, 0) is 92.2 Å². The van der Waals surface area contributed by atoms with Crippen LogP contribution in [0.4, 0.5) is 5.69 Å². The zero-order valence-corrected chi connectivity index (χ0v) is 37.7. The molecule has 0 unspecified atom stereocenters. The maximum atomic E-state index is 14.0. The van der Waals surface area contributed by atoms with E-state index in [4.69, 9.17) is 9.72 Å². The van der Waals surface area contributed by atoms with E-state index in [0.29, 0.717) is 22.9 Å². The number of aromatic amines is 1. The molecule has 0 bridgehead atoms. The first kappa shape index (κ1) is 46.0. The highest BCUT2D eigenvalue weighted by Gasteiger charge is 2.44. The fourth-order valence-corrected chi connectivity index (χ4v) is 8.91. The van der Waals surface area contributed by atoms with E-state index in [2.05, 4.69) is 43.1 Å². The minimum absolute atomic E-state index is 0.0150. The number of carbonyl (C=O) groups excluding carboxylic acids is 5. The molecule has 16 nitrogen and oxygen atoms in total. The van der Waals surface area contributed by atoms with E-state index in [0.717, 1.165) is 51.6 Å². The molecule has 4 heterocycles. The number of carbonyl (C=O) groups is 5. The number of fused-ring (bicyclic) bond motifs is 1. The van der Waals surface area contributed by atoms with Crippen molar-refractivity contribution in [2.75, 3.05) is 38.2 Å². The molecule has 0 radical (unpaired) electrons. The van der Waals surface area contributed by atoms with Crippen LogP contribution in [0.5, 0.6) is 0 Å². The number of hydrogen-bond acceptors (Lipinski definition) is 11. The quantitative estimate of drug-likeness (QED) is 0.0747. The standard InChI is InChI=1S/C47H57N9O7S/c1-28-7-6-19-55(28)25-39-52-36-17-16-34(21-37(36)53-39)51-44(60)33-14-12-32(13-15-33)43(59)48-18-20-63-26-40(58)54-42(47(3,4)5)46(62)56-24-35(57)22-38(56)45(61)49-23-30-8-10-31(11-9-30)41-29(2)50-27-64-41/h8-17,21,27-28,35,38,42,57H,6-7,18-20,22-26H2,1-5H3,(H,48,59)(H,49,61)(H,51,60)(H,52,53)(H,54,58)/t28-,35+,38-,42+/m0/s1. The second kappa shape index (κ2) is 20.2. The molecular weight excluding hydrogens is 835 g/mol. The number of β-amino-alcohol motifs (C(OH)–C–C–N with tert-alkyl or cyclic N) is 1. The Kier molecular flexibility index (Phi) is 14.5. The molecule has 7 rings (SSSR count). The molecule has 2 saturated heterocycles. The number of anilines is 1. The first-order valence-corrected chi connectivity index (χ1v) is 22.6. The Morgan fingerprint density at radius 3 is 2.39 bits per heavy atom. The van der Waals surface area contributed by atoms with E-state index in [-0.39, 0.29) is 51.1 Å². The minimum Gasteiger partial charge on any atom is -0.391 e. The van der Waals surface area contributed by atoms with Gasteiger partial charge >= 0.3 is 0 Å². The molecule has 0 saturated carbocycles. The first-order valence-electron chi connectivity index (χ1n) is 21.7. The Bertz CT molecular complexity index is 2460. The van der Waals surface area contributed by atoms with Gasteiger partial charge in [0.1, 0.15) is 24.5 Å². The summed E-state index contributed by atoms with van der Waals surface area (Å²) in [7, 11) is 0. The van der Waals surface area contributed by atoms with Gasteiger partial charge in [-0.3, -0.25) is 28.9 Å². The lowest BCUT2D eigenvalue weighted by Crippen LogP contribution is -2.58. The summed E-state index contributed by atoms with van der Waals surface area (Å²) in [5.74, 6) is -1.24. The molecule has 338 valence electrons. The molecule has 17 heteroatoms. The average molecular weight is 892 g/mol. The Morgan fingerprint density at radius 1 is 0.984 bits per heavy atom. The van der Waals surface area contributed by atoms with Crippen molar-refractivity contribution in [3.05, 3.63) is 100 Å². The summed E-state index contributed by atoms with van der Waals surface area (Å²) in [6.45, 7) is 11.4. The third-order valence-electron chi connectivity index (χ3n) is 11.7. The van der Waals surface area contributed by atoms with Crippen LogP contribution in [0, 0.1) is 12.3 Å². The first-order chi connectivity index (χ1) is 30.6. The second-order valence-corrected chi connectivity index (χ2v) is 18.5. The van der Waals surface area contributed by atoms with Gasteiger partial charge in [-0.1, -0.05) is 45.0 Å². The third kappa shape index (κ3) is 11.4. The van der Waals surface area contributed by atoms with Crippen LogP contribution in [0.1, 0.15) is 84.8 Å². The van der Waals surface area contributed by atoms with Crippen molar-refractivity contribution < 1.29 is 33.8 Å². The maximum Gasteiger partial charge on any atom is 0.255 e. The largest absolute Gasteiger partial charge is 0.391 e. The van der Waals surface area contributed by atoms with Crippen LogP contribution < -0.4 is 21.3 Å². The summed E-state index contributed by atoms with van der Waals surface area (Å²) in [5.41, 5.74) is 6.94. The summed E-state index contributed by atoms with van der Waals surface area (Å²) in [5, 5.41) is 21.9. The van der Waals surface area contributed by atoms with E-state index < -0.39 is 41.3 Å². The number of aliphatic hydroxyl groups excluding tert-OH is 1. The van der Waals surface area contributed by atoms with Gasteiger partial charge < -0.3 is 41.0 Å². The number of aryl methyl sites for hydroxylation is 1. The van der Waals surface area contributed by atoms with Gasteiger partial charge in [0.25, 0.3) is 11.8 Å². The molecule has 4 atom stereocenters. The number of rotatable bonds is 16. The van der Waals surface area contributed by atoms with Crippen LogP contribution in [0.15, 0.2) is 72.2 Å². The molecule has 5 aromatic rings. The van der Waals surface area contributed by atoms with Gasteiger partial charge in [-0.15, -0.1) is 11.3 Å². The molecule has 2 fully saturated rings. The Balaban J connectivity index is 0.834. The molecule has 6 N–H and O–H groups in total. The molecule has 3 aromatic carbocycles. The number of amides is 5. The van der Waals surface area contributed by atoms with Crippen LogP contribution in [0.3, 0.4) is 0 Å². The summed E-state index contributed by atoms with van der Waals surface area (Å²) in [4.78, 5) is 83.6. The lowest BCUT2D eigenvalue weighted by atomic mass is 9.85. The Morgan fingerprint density at radius 2 is 1.72 bits per heavy atom. The Labute approximate surface area is 376 Å². The molecule has 2 aliphatic heterocycles. The molecular formula is C47H57N9O7S. The number of ether oxygens (including phenoxy) is 1. The van der Waals surface area contributed by atoms with Crippen LogP contribution in [0.2, 0.25) is 0 Å². The van der Waals surface area contributed by atoms with Crippen molar-refractivity contribution in [2.45, 2.75) is 91.2 Å². The van der Waals surface area contributed by atoms with Crippen molar-refractivity contribution in [1.29, 1.82) is 0 Å². The van der Waals surface area contributed by atoms with Crippen LogP contribution in [-0.2, 0) is 32.2 Å². The number of benzene rings is 3. The normalized spacial score (nSPS) is 18.2. The van der Waals surface area contributed by atoms with Gasteiger partial charge in [0.05, 0.1) is 46.4 Å². The monoisotopic (exact) mass is 891 g/mol. The number of likely N-dealkylation sites (tertiary alicyclic amines) is 2. The third-order valence-corrected chi connectivity index (χ3v) is 12.7. The molecule has 64 heavy (non-hydrogen) atoms. The van der Waals surface area contributed by atoms with Gasteiger partial charge in [-0.2, -0.15) is 0 Å². The second-order valence-electron chi connectivity index (χ2n) is 17.7. The summed E-state index contributed by atoms with van der Waals surface area (Å²) in [6, 6.07) is 18.2. The molecule has 2 aliphatic rings. The summed E-state index contributed by atoms with van der Waals surface area (Å²) in [6.07, 6.45) is 1.56. The van der Waals surface area contributed by atoms with Crippen molar-refractivity contribution in [3.63, 3.8) is 0 Å². The number of H-pyrrole nitrogens is 1. The summed E-state index contributed by atoms with van der Waals surface area (Å²) >= 11 is 1.56. The highest BCUT2D eigenvalue weighted by Crippen LogP contribution is 2.29. The SMILES string of the molecule is Cc1ncsc1-c1ccc(CNC(=O)[C@@H]2C[C@@H](O)CN2C(=O)[C@@H](NC(=O)COCCNC(=O)c2ccc(C(=O)Nc3ccc4[nH]c(CN5CCC[C@@H]5C)nc4c3)cc2)C(C)(C)C)cc1. The van der Waals surface area contributed by atoms with Gasteiger partial charge in [0.15, 0.2) is 0 Å². The molecule has 0 spiro atoms. The van der Waals surface area contributed by atoms with Gasteiger partial charge in [0, 0.05) is 48.9 Å². The number of hydrogen-bond donors (Lipinski definition) is 6. The van der Waals surface area contributed by atoms with E-state index in [1.54, 1.807) is 61.9 Å². The topological polar surface area (TPSA) is 211 Å². The fourth-order valence-electron chi connectivity index (χ4n) is 8.09. The van der Waals surface area contributed by atoms with Crippen molar-refractivity contribution in [1.82, 2.24) is 40.7 Å². The van der Waals surface area contributed by atoms with Crippen molar-refractivity contribution in [2.24, 2.45) is 5.41 Å². The number of nitrogens with zero attached hydrogens (tertiary/aromatic N) is 4. The average Bonchev–Trinajstić information content (AvgIpc) is 4.08. The molecule has 5 amide bonds. The smallest absolute Gasteiger partial charge is 0.255 e. The van der Waals surface area contributed by atoms with Crippen molar-refractivity contribution in [3.8, 4) is 10.4 Å².